The first-order valence-corrected chi connectivity index (χ1v) is 6.79. The number of rotatable bonds is 6. The quantitative estimate of drug-likeness (QED) is 0.770. The molecule has 0 fully saturated rings. The zero-order valence-electron chi connectivity index (χ0n) is 10.8. The lowest BCUT2D eigenvalue weighted by atomic mass is 10.1. The molecule has 0 saturated carbocycles. The minimum Gasteiger partial charge on any atom is -0.333 e. The Morgan fingerprint density at radius 1 is 1.28 bits per heavy atom. The minimum absolute atomic E-state index is 0.261. The van der Waals surface area contributed by atoms with Gasteiger partial charge in [-0.3, -0.25) is 4.79 Å². The molecular weight excluding hydrogens is 228 g/mol. The lowest BCUT2D eigenvalue weighted by Crippen LogP contribution is -2.38. The average molecular weight is 250 g/mol. The number of nitrogens with zero attached hydrogens (tertiary/aromatic N) is 3. The Balaban J connectivity index is 1.71. The molecule has 0 unspecified atom stereocenters. The molecule has 0 atom stereocenters. The third kappa shape index (κ3) is 3.32. The second kappa shape index (κ2) is 6.54. The van der Waals surface area contributed by atoms with Crippen molar-refractivity contribution in [3.8, 4) is 0 Å². The second-order valence-electron chi connectivity index (χ2n) is 4.81. The number of hydrogen-bond donors (Lipinski definition) is 1. The summed E-state index contributed by atoms with van der Waals surface area (Å²) in [6.45, 7) is 3.09. The highest BCUT2D eigenvalue weighted by Crippen LogP contribution is 2.13. The summed E-state index contributed by atoms with van der Waals surface area (Å²) >= 11 is 0. The molecule has 5 nitrogen and oxygen atoms in total. The average Bonchev–Trinajstić information content (AvgIpc) is 2.85. The second-order valence-corrected chi connectivity index (χ2v) is 4.81. The predicted octanol–water partition coefficient (Wildman–Crippen LogP) is 1.13. The van der Waals surface area contributed by atoms with Gasteiger partial charge >= 0.3 is 0 Å². The highest BCUT2D eigenvalue weighted by molar-refractivity contribution is 5.76. The number of fused-ring (bicyclic) bond motifs is 1. The molecule has 2 rings (SSSR count). The number of carbonyl (C=O) groups excluding carboxylic acids is 1. The van der Waals surface area contributed by atoms with E-state index in [4.69, 9.17) is 5.73 Å². The Hall–Kier alpha value is -1.36. The molecule has 0 saturated heterocycles. The zero-order chi connectivity index (χ0) is 12.8. The summed E-state index contributed by atoms with van der Waals surface area (Å²) in [5.41, 5.74) is 5.44. The third-order valence-corrected chi connectivity index (χ3v) is 3.44. The number of hydrogen-bond acceptors (Lipinski definition) is 3. The van der Waals surface area contributed by atoms with Crippen molar-refractivity contribution in [2.24, 2.45) is 5.73 Å². The van der Waals surface area contributed by atoms with Gasteiger partial charge in [-0.15, -0.1) is 0 Å². The van der Waals surface area contributed by atoms with E-state index in [9.17, 15) is 4.79 Å². The van der Waals surface area contributed by atoms with Crippen LogP contribution in [-0.2, 0) is 17.9 Å². The van der Waals surface area contributed by atoms with Crippen LogP contribution in [0.2, 0.25) is 0 Å². The van der Waals surface area contributed by atoms with E-state index >= 15 is 0 Å². The molecule has 1 aromatic heterocycles. The van der Waals surface area contributed by atoms with Crippen molar-refractivity contribution in [2.75, 3.05) is 13.1 Å². The molecule has 1 aliphatic heterocycles. The number of carbonyl (C=O) groups is 1. The van der Waals surface area contributed by atoms with Gasteiger partial charge in [0.05, 0.1) is 6.54 Å². The molecule has 0 aromatic carbocycles. The van der Waals surface area contributed by atoms with Crippen molar-refractivity contribution in [3.63, 3.8) is 0 Å². The Morgan fingerprint density at radius 3 is 2.94 bits per heavy atom. The van der Waals surface area contributed by atoms with E-state index < -0.39 is 0 Å². The van der Waals surface area contributed by atoms with Crippen molar-refractivity contribution < 1.29 is 4.79 Å². The van der Waals surface area contributed by atoms with Crippen molar-refractivity contribution >= 4 is 5.91 Å². The minimum atomic E-state index is 0.261. The molecule has 0 aliphatic carbocycles. The van der Waals surface area contributed by atoms with Crippen LogP contribution in [0.3, 0.4) is 0 Å². The summed E-state index contributed by atoms with van der Waals surface area (Å²) in [6, 6.07) is 0. The van der Waals surface area contributed by atoms with Gasteiger partial charge in [-0.05, 0) is 19.4 Å². The van der Waals surface area contributed by atoms with Crippen molar-refractivity contribution in [1.82, 2.24) is 14.5 Å². The maximum absolute atomic E-state index is 12.0. The van der Waals surface area contributed by atoms with Crippen LogP contribution >= 0.6 is 0 Å². The Labute approximate surface area is 108 Å². The van der Waals surface area contributed by atoms with Crippen LogP contribution in [0.15, 0.2) is 12.4 Å². The molecule has 1 aliphatic rings. The van der Waals surface area contributed by atoms with E-state index in [2.05, 4.69) is 9.55 Å². The van der Waals surface area contributed by atoms with Gasteiger partial charge in [0.2, 0.25) is 5.91 Å². The van der Waals surface area contributed by atoms with E-state index in [0.29, 0.717) is 13.0 Å². The van der Waals surface area contributed by atoms with E-state index in [1.165, 1.54) is 0 Å². The number of aromatic nitrogens is 2. The van der Waals surface area contributed by atoms with E-state index in [1.807, 2.05) is 11.1 Å². The predicted molar refractivity (Wildman–Crippen MR) is 69.8 cm³/mol. The van der Waals surface area contributed by atoms with Gasteiger partial charge in [0.15, 0.2) is 0 Å². The first-order valence-electron chi connectivity index (χ1n) is 6.79. The summed E-state index contributed by atoms with van der Waals surface area (Å²) in [6.07, 6.45) is 8.71. The molecule has 100 valence electrons. The van der Waals surface area contributed by atoms with Gasteiger partial charge < -0.3 is 15.2 Å². The molecule has 1 amide bonds. The first kappa shape index (κ1) is 13.1. The van der Waals surface area contributed by atoms with Crippen LogP contribution in [0.25, 0.3) is 0 Å². The maximum Gasteiger partial charge on any atom is 0.223 e. The molecule has 5 heteroatoms. The van der Waals surface area contributed by atoms with Crippen LogP contribution in [0.4, 0.5) is 0 Å². The standard InChI is InChI=1S/C13H22N4O/c14-6-4-2-1-3-5-13(18)17-10-9-16-8-7-15-12(16)11-17/h7-8H,1-6,9-11,14H2. The molecular formula is C13H22N4O. The van der Waals surface area contributed by atoms with Crippen molar-refractivity contribution in [2.45, 2.75) is 45.2 Å². The van der Waals surface area contributed by atoms with E-state index in [-0.39, 0.29) is 5.91 Å². The lowest BCUT2D eigenvalue weighted by Gasteiger charge is -2.27. The Morgan fingerprint density at radius 2 is 2.11 bits per heavy atom. The van der Waals surface area contributed by atoms with E-state index in [1.54, 1.807) is 6.20 Å². The van der Waals surface area contributed by atoms with Gasteiger partial charge in [-0.1, -0.05) is 12.8 Å². The van der Waals surface area contributed by atoms with Crippen LogP contribution in [0.1, 0.15) is 37.9 Å². The SMILES string of the molecule is NCCCCCCC(=O)N1CCn2ccnc2C1. The summed E-state index contributed by atoms with van der Waals surface area (Å²) in [5.74, 6) is 1.26. The summed E-state index contributed by atoms with van der Waals surface area (Å²) in [7, 11) is 0. The van der Waals surface area contributed by atoms with Gasteiger partial charge in [-0.2, -0.15) is 0 Å². The van der Waals surface area contributed by atoms with Crippen LogP contribution in [0, 0.1) is 0 Å². The topological polar surface area (TPSA) is 64.2 Å². The summed E-state index contributed by atoms with van der Waals surface area (Å²) < 4.78 is 2.12. The molecule has 2 heterocycles. The molecule has 2 N–H and O–H groups in total. The first-order chi connectivity index (χ1) is 8.81. The van der Waals surface area contributed by atoms with Gasteiger partial charge in [0.1, 0.15) is 5.82 Å². The highest BCUT2D eigenvalue weighted by Gasteiger charge is 2.20. The number of nitrogens with two attached hydrogens (primary N) is 1. The molecule has 18 heavy (non-hydrogen) atoms. The number of amides is 1. The van der Waals surface area contributed by atoms with Crippen molar-refractivity contribution in [1.29, 1.82) is 0 Å². The Kier molecular flexibility index (Phi) is 4.75. The molecule has 1 aromatic rings. The maximum atomic E-state index is 12.0. The fraction of sp³-hybridized carbons (Fsp3) is 0.692. The monoisotopic (exact) mass is 250 g/mol. The summed E-state index contributed by atoms with van der Waals surface area (Å²) in [5, 5.41) is 0. The summed E-state index contributed by atoms with van der Waals surface area (Å²) in [4.78, 5) is 18.2. The van der Waals surface area contributed by atoms with Crippen LogP contribution in [-0.4, -0.2) is 33.4 Å². The number of imidazole rings is 1. The fourth-order valence-corrected chi connectivity index (χ4v) is 2.32. The fourth-order valence-electron chi connectivity index (χ4n) is 2.32. The molecule has 0 bridgehead atoms. The molecule has 0 spiro atoms. The van der Waals surface area contributed by atoms with Crippen LogP contribution in [0.5, 0.6) is 0 Å². The smallest absolute Gasteiger partial charge is 0.223 e. The molecule has 0 radical (unpaired) electrons. The van der Waals surface area contributed by atoms with Crippen LogP contribution < -0.4 is 5.73 Å². The lowest BCUT2D eigenvalue weighted by molar-refractivity contribution is -0.132. The largest absolute Gasteiger partial charge is 0.333 e. The Bertz CT molecular complexity index is 388. The zero-order valence-corrected chi connectivity index (χ0v) is 10.8. The van der Waals surface area contributed by atoms with Gasteiger partial charge in [-0.25, -0.2) is 4.98 Å². The van der Waals surface area contributed by atoms with Gasteiger partial charge in [0, 0.05) is 31.9 Å². The normalized spacial score (nSPS) is 14.6. The third-order valence-electron chi connectivity index (χ3n) is 3.44. The van der Waals surface area contributed by atoms with E-state index in [0.717, 1.165) is 51.1 Å². The highest BCUT2D eigenvalue weighted by atomic mass is 16.2. The van der Waals surface area contributed by atoms with Gasteiger partial charge in [0.25, 0.3) is 0 Å². The number of unbranched alkanes of at least 4 members (excludes halogenated alkanes) is 3. The van der Waals surface area contributed by atoms with Crippen molar-refractivity contribution in [3.05, 3.63) is 18.2 Å².